The topological polar surface area (TPSA) is 81.5 Å². The van der Waals surface area contributed by atoms with Gasteiger partial charge in [0.15, 0.2) is 0 Å². The van der Waals surface area contributed by atoms with Crippen molar-refractivity contribution >= 4 is 17.3 Å². The first-order valence-electron chi connectivity index (χ1n) is 6.44. The fourth-order valence-electron chi connectivity index (χ4n) is 1.98. The maximum Gasteiger partial charge on any atom is 0.328 e. The van der Waals surface area contributed by atoms with Gasteiger partial charge in [0.05, 0.1) is 12.0 Å². The van der Waals surface area contributed by atoms with Crippen LogP contribution in [0.15, 0.2) is 18.2 Å². The number of esters is 1. The predicted molar refractivity (Wildman–Crippen MR) is 76.7 cm³/mol. The molecular formula is C14H20N2O4. The molecule has 0 saturated heterocycles. The van der Waals surface area contributed by atoms with E-state index in [4.69, 9.17) is 4.74 Å². The largest absolute Gasteiger partial charge is 0.467 e. The number of nitrogens with zero attached hydrogens (tertiary/aromatic N) is 1. The minimum absolute atomic E-state index is 0.000614. The number of nitro groups is 1. The number of carbonyl (C=O) groups is 1. The number of benzene rings is 1. The van der Waals surface area contributed by atoms with Gasteiger partial charge in [0.1, 0.15) is 6.04 Å². The molecule has 0 aliphatic rings. The molecule has 1 rings (SSSR count). The van der Waals surface area contributed by atoms with Gasteiger partial charge in [-0.25, -0.2) is 4.79 Å². The number of hydrogen-bond acceptors (Lipinski definition) is 5. The third-order valence-electron chi connectivity index (χ3n) is 2.81. The molecule has 1 aromatic rings. The monoisotopic (exact) mass is 280 g/mol. The first-order valence-corrected chi connectivity index (χ1v) is 6.44. The second-order valence-electron chi connectivity index (χ2n) is 5.16. The standard InChI is InChI=1S/C14H20N2O4/c1-9(2)5-13(14(17)20-4)15-11-6-10(3)7-12(8-11)16(18)19/h6-9,13,15H,5H2,1-4H3. The lowest BCUT2D eigenvalue weighted by Gasteiger charge is -2.19. The molecule has 0 amide bonds. The fraction of sp³-hybridized carbons (Fsp3) is 0.500. The van der Waals surface area contributed by atoms with E-state index in [-0.39, 0.29) is 11.7 Å². The first kappa shape index (κ1) is 15.9. The van der Waals surface area contributed by atoms with E-state index in [0.29, 0.717) is 18.0 Å². The summed E-state index contributed by atoms with van der Waals surface area (Å²) in [6, 6.07) is 4.16. The van der Waals surface area contributed by atoms with Crippen molar-refractivity contribution in [2.75, 3.05) is 12.4 Å². The molecule has 0 spiro atoms. The summed E-state index contributed by atoms with van der Waals surface area (Å²) in [5.41, 5.74) is 1.31. The smallest absolute Gasteiger partial charge is 0.328 e. The normalized spacial score (nSPS) is 12.1. The van der Waals surface area contributed by atoms with Gasteiger partial charge < -0.3 is 10.1 Å². The van der Waals surface area contributed by atoms with E-state index in [9.17, 15) is 14.9 Å². The number of aryl methyl sites for hydroxylation is 1. The highest BCUT2D eigenvalue weighted by atomic mass is 16.6. The van der Waals surface area contributed by atoms with E-state index in [0.717, 1.165) is 5.56 Å². The van der Waals surface area contributed by atoms with Crippen LogP contribution in [0.5, 0.6) is 0 Å². The van der Waals surface area contributed by atoms with Gasteiger partial charge in [-0.3, -0.25) is 10.1 Å². The van der Waals surface area contributed by atoms with Crippen LogP contribution >= 0.6 is 0 Å². The SMILES string of the molecule is COC(=O)C(CC(C)C)Nc1cc(C)cc([N+](=O)[O-])c1. The lowest BCUT2D eigenvalue weighted by atomic mass is 10.0. The molecule has 6 heteroatoms. The third kappa shape index (κ3) is 4.53. The van der Waals surface area contributed by atoms with Crippen molar-refractivity contribution in [2.24, 2.45) is 5.92 Å². The number of carbonyl (C=O) groups excluding carboxylic acids is 1. The van der Waals surface area contributed by atoms with Gasteiger partial charge in [0.2, 0.25) is 0 Å². The zero-order valence-corrected chi connectivity index (χ0v) is 12.2. The molecular weight excluding hydrogens is 260 g/mol. The van der Waals surface area contributed by atoms with E-state index >= 15 is 0 Å². The molecule has 0 radical (unpaired) electrons. The van der Waals surface area contributed by atoms with Crippen molar-refractivity contribution in [3.8, 4) is 0 Å². The van der Waals surface area contributed by atoms with Crippen LogP contribution in [0.1, 0.15) is 25.8 Å². The molecule has 20 heavy (non-hydrogen) atoms. The zero-order chi connectivity index (χ0) is 15.3. The number of anilines is 1. The lowest BCUT2D eigenvalue weighted by molar-refractivity contribution is -0.384. The molecule has 110 valence electrons. The number of nitrogens with one attached hydrogen (secondary N) is 1. The van der Waals surface area contributed by atoms with E-state index in [1.54, 1.807) is 13.0 Å². The van der Waals surface area contributed by atoms with Gasteiger partial charge in [0.25, 0.3) is 5.69 Å². The minimum atomic E-state index is -0.513. The van der Waals surface area contributed by atoms with Crippen LogP contribution in [-0.2, 0) is 9.53 Å². The summed E-state index contributed by atoms with van der Waals surface area (Å²) in [5.74, 6) is -0.0748. The van der Waals surface area contributed by atoms with E-state index < -0.39 is 11.0 Å². The quantitative estimate of drug-likeness (QED) is 0.492. The van der Waals surface area contributed by atoms with E-state index in [1.165, 1.54) is 19.2 Å². The molecule has 0 fully saturated rings. The average Bonchev–Trinajstić information content (AvgIpc) is 2.35. The summed E-state index contributed by atoms with van der Waals surface area (Å²) in [6.07, 6.45) is 0.592. The molecule has 1 unspecified atom stereocenters. The highest BCUT2D eigenvalue weighted by molar-refractivity contribution is 5.79. The summed E-state index contributed by atoms with van der Waals surface area (Å²) < 4.78 is 4.76. The summed E-state index contributed by atoms with van der Waals surface area (Å²) >= 11 is 0. The van der Waals surface area contributed by atoms with Crippen molar-refractivity contribution < 1.29 is 14.5 Å². The Morgan fingerprint density at radius 2 is 2.05 bits per heavy atom. The van der Waals surface area contributed by atoms with Gasteiger partial charge >= 0.3 is 5.97 Å². The molecule has 0 aliphatic carbocycles. The fourth-order valence-corrected chi connectivity index (χ4v) is 1.98. The Bertz CT molecular complexity index is 500. The molecule has 0 bridgehead atoms. The van der Waals surface area contributed by atoms with Crippen LogP contribution in [0.3, 0.4) is 0 Å². The van der Waals surface area contributed by atoms with Crippen molar-refractivity contribution in [2.45, 2.75) is 33.2 Å². The molecule has 1 N–H and O–H groups in total. The number of ether oxygens (including phenoxy) is 1. The predicted octanol–water partition coefficient (Wildman–Crippen LogP) is 2.90. The number of hydrogen-bond donors (Lipinski definition) is 1. The second-order valence-corrected chi connectivity index (χ2v) is 5.16. The molecule has 0 aromatic heterocycles. The molecule has 1 aromatic carbocycles. The van der Waals surface area contributed by atoms with E-state index in [2.05, 4.69) is 5.32 Å². The number of rotatable bonds is 6. The van der Waals surface area contributed by atoms with Crippen molar-refractivity contribution in [1.82, 2.24) is 0 Å². The Balaban J connectivity index is 2.98. The Hall–Kier alpha value is -2.11. The number of nitro benzene ring substituents is 1. The molecule has 0 aliphatic heterocycles. The van der Waals surface area contributed by atoms with Crippen LogP contribution in [0.25, 0.3) is 0 Å². The first-order chi connectivity index (χ1) is 9.33. The van der Waals surface area contributed by atoms with Crippen LogP contribution in [0, 0.1) is 23.0 Å². The van der Waals surface area contributed by atoms with Gasteiger partial charge in [-0.2, -0.15) is 0 Å². The highest BCUT2D eigenvalue weighted by Crippen LogP contribution is 2.22. The summed E-state index contributed by atoms with van der Waals surface area (Å²) in [7, 11) is 1.33. The minimum Gasteiger partial charge on any atom is -0.467 e. The molecule has 0 heterocycles. The molecule has 0 saturated carbocycles. The van der Waals surface area contributed by atoms with Crippen LogP contribution in [0.2, 0.25) is 0 Å². The Labute approximate surface area is 118 Å². The summed E-state index contributed by atoms with van der Waals surface area (Å²) in [4.78, 5) is 22.1. The van der Waals surface area contributed by atoms with Crippen LogP contribution in [0.4, 0.5) is 11.4 Å². The highest BCUT2D eigenvalue weighted by Gasteiger charge is 2.21. The zero-order valence-electron chi connectivity index (χ0n) is 12.2. The van der Waals surface area contributed by atoms with Crippen LogP contribution in [-0.4, -0.2) is 24.0 Å². The summed E-state index contributed by atoms with van der Waals surface area (Å²) in [6.45, 7) is 5.76. The Morgan fingerprint density at radius 1 is 1.40 bits per heavy atom. The van der Waals surface area contributed by atoms with Gasteiger partial charge in [-0.15, -0.1) is 0 Å². The molecule has 6 nitrogen and oxygen atoms in total. The van der Waals surface area contributed by atoms with Gasteiger partial charge in [-0.05, 0) is 30.9 Å². The lowest BCUT2D eigenvalue weighted by Crippen LogP contribution is -2.32. The van der Waals surface area contributed by atoms with Crippen molar-refractivity contribution in [1.29, 1.82) is 0 Å². The number of non-ortho nitro benzene ring substituents is 1. The maximum absolute atomic E-state index is 11.7. The Morgan fingerprint density at radius 3 is 2.55 bits per heavy atom. The third-order valence-corrected chi connectivity index (χ3v) is 2.81. The van der Waals surface area contributed by atoms with Crippen LogP contribution < -0.4 is 5.32 Å². The number of methoxy groups -OCH3 is 1. The maximum atomic E-state index is 11.7. The average molecular weight is 280 g/mol. The van der Waals surface area contributed by atoms with Crippen molar-refractivity contribution in [3.63, 3.8) is 0 Å². The second kappa shape index (κ2) is 6.88. The van der Waals surface area contributed by atoms with Gasteiger partial charge in [0, 0.05) is 17.8 Å². The molecule has 1 atom stereocenters. The Kier molecular flexibility index (Phi) is 5.49. The van der Waals surface area contributed by atoms with E-state index in [1.807, 2.05) is 13.8 Å². The van der Waals surface area contributed by atoms with Gasteiger partial charge in [-0.1, -0.05) is 13.8 Å². The summed E-state index contributed by atoms with van der Waals surface area (Å²) in [5, 5.41) is 13.9. The van der Waals surface area contributed by atoms with Crippen molar-refractivity contribution in [3.05, 3.63) is 33.9 Å².